The van der Waals surface area contributed by atoms with E-state index in [1.54, 1.807) is 0 Å². The summed E-state index contributed by atoms with van der Waals surface area (Å²) in [5, 5.41) is 8.14. The molecular weight excluding hydrogens is 653 g/mol. The average Bonchev–Trinajstić information content (AvgIpc) is 3.05. The predicted octanol–water partition coefficient (Wildman–Crippen LogP) is 12.4. The first-order valence-corrected chi connectivity index (χ1v) is 21.0. The molecule has 0 aliphatic heterocycles. The van der Waals surface area contributed by atoms with Gasteiger partial charge in [-0.05, 0) is 140 Å². The van der Waals surface area contributed by atoms with E-state index in [4.69, 9.17) is 33.9 Å². The van der Waals surface area contributed by atoms with Crippen molar-refractivity contribution in [2.24, 2.45) is 10.8 Å². The fourth-order valence-electron chi connectivity index (χ4n) is 8.27. The zero-order chi connectivity index (χ0) is 36.4. The van der Waals surface area contributed by atoms with Gasteiger partial charge < -0.3 is 20.1 Å². The largest absolute Gasteiger partial charge is 0.432 e. The van der Waals surface area contributed by atoms with Crippen LogP contribution in [0, 0.1) is 10.8 Å². The highest BCUT2D eigenvalue weighted by Crippen LogP contribution is 2.46. The summed E-state index contributed by atoms with van der Waals surface area (Å²) in [4.78, 5) is 0. The molecule has 50 heavy (non-hydrogen) atoms. The molecule has 280 valence electrons. The second-order valence-electron chi connectivity index (χ2n) is 16.1. The zero-order valence-electron chi connectivity index (χ0n) is 32.8. The van der Waals surface area contributed by atoms with Crippen molar-refractivity contribution in [2.75, 3.05) is 6.54 Å². The lowest BCUT2D eigenvalue weighted by molar-refractivity contribution is 0.0787. The maximum absolute atomic E-state index is 6.48. The molecule has 4 nitrogen and oxygen atoms in total. The Kier molecular flexibility index (Phi) is 18.6. The van der Waals surface area contributed by atoms with Crippen molar-refractivity contribution in [3.8, 4) is 11.5 Å². The van der Waals surface area contributed by atoms with Gasteiger partial charge in [0.1, 0.15) is 11.5 Å². The summed E-state index contributed by atoms with van der Waals surface area (Å²) in [6.07, 6.45) is 22.0. The summed E-state index contributed by atoms with van der Waals surface area (Å²) < 4.78 is 12.9. The summed E-state index contributed by atoms with van der Waals surface area (Å²) in [5.41, 5.74) is 5.67. The molecule has 0 radical (unpaired) electrons. The Morgan fingerprint density at radius 3 is 1.58 bits per heavy atom. The van der Waals surface area contributed by atoms with Gasteiger partial charge in [0.15, 0.2) is 0 Å². The second-order valence-corrected chi connectivity index (χ2v) is 16.9. The van der Waals surface area contributed by atoms with Crippen LogP contribution >= 0.6 is 24.4 Å². The fourth-order valence-corrected chi connectivity index (χ4v) is 8.69. The SMILES string of the molecule is CCCCCc1cccc(OC(=S)NCC2(C)CC(NC(=S)Oc3cccc(CCCCC)c3CCCCC)CC(C)(C)C2)c1CCCCC. The minimum atomic E-state index is 0.0128. The summed E-state index contributed by atoms with van der Waals surface area (Å²) in [7, 11) is 0. The van der Waals surface area contributed by atoms with Gasteiger partial charge in [0.05, 0.1) is 0 Å². The Hall–Kier alpha value is -2.18. The van der Waals surface area contributed by atoms with Crippen LogP contribution in [0.25, 0.3) is 0 Å². The van der Waals surface area contributed by atoms with Crippen LogP contribution in [0.4, 0.5) is 0 Å². The van der Waals surface area contributed by atoms with Crippen molar-refractivity contribution in [2.45, 2.75) is 177 Å². The topological polar surface area (TPSA) is 42.5 Å². The molecule has 0 heterocycles. The van der Waals surface area contributed by atoms with Gasteiger partial charge in [-0.3, -0.25) is 0 Å². The number of unbranched alkanes of at least 4 members (excludes halogenated alkanes) is 8. The summed E-state index contributed by atoms with van der Waals surface area (Å²) in [6, 6.07) is 13.3. The summed E-state index contributed by atoms with van der Waals surface area (Å²) >= 11 is 11.7. The van der Waals surface area contributed by atoms with Crippen LogP contribution in [0.3, 0.4) is 0 Å². The number of benzene rings is 2. The van der Waals surface area contributed by atoms with Crippen LogP contribution in [-0.4, -0.2) is 22.9 Å². The number of thiocarbonyl (C=S) groups is 2. The van der Waals surface area contributed by atoms with Gasteiger partial charge >= 0.3 is 0 Å². The maximum Gasteiger partial charge on any atom is 0.262 e. The van der Waals surface area contributed by atoms with Gasteiger partial charge in [0.2, 0.25) is 0 Å². The summed E-state index contributed by atoms with van der Waals surface area (Å²) in [6.45, 7) is 16.9. The molecule has 2 aromatic rings. The van der Waals surface area contributed by atoms with Crippen molar-refractivity contribution >= 4 is 34.8 Å². The number of rotatable bonds is 21. The van der Waals surface area contributed by atoms with Crippen LogP contribution < -0.4 is 20.1 Å². The van der Waals surface area contributed by atoms with Crippen molar-refractivity contribution in [1.82, 2.24) is 10.6 Å². The molecule has 2 aromatic carbocycles. The van der Waals surface area contributed by atoms with E-state index < -0.39 is 0 Å². The molecule has 2 atom stereocenters. The molecule has 1 aliphatic carbocycles. The van der Waals surface area contributed by atoms with Crippen molar-refractivity contribution < 1.29 is 9.47 Å². The normalized spacial score (nSPS) is 18.4. The highest BCUT2D eigenvalue weighted by molar-refractivity contribution is 7.80. The van der Waals surface area contributed by atoms with Crippen molar-refractivity contribution in [3.63, 3.8) is 0 Å². The van der Waals surface area contributed by atoms with E-state index in [0.717, 1.165) is 63.0 Å². The highest BCUT2D eigenvalue weighted by atomic mass is 32.1. The minimum absolute atomic E-state index is 0.0128. The molecule has 0 saturated heterocycles. The molecular formula is C44H70N2O2S2. The van der Waals surface area contributed by atoms with Gasteiger partial charge in [-0.2, -0.15) is 0 Å². The molecule has 0 amide bonds. The van der Waals surface area contributed by atoms with E-state index in [1.165, 1.54) is 99.3 Å². The Labute approximate surface area is 317 Å². The monoisotopic (exact) mass is 722 g/mol. The van der Waals surface area contributed by atoms with E-state index in [9.17, 15) is 0 Å². The lowest BCUT2D eigenvalue weighted by Crippen LogP contribution is -2.51. The Balaban J connectivity index is 1.66. The number of aryl methyl sites for hydroxylation is 2. The molecule has 0 spiro atoms. The lowest BCUT2D eigenvalue weighted by Gasteiger charge is -2.47. The predicted molar refractivity (Wildman–Crippen MR) is 223 cm³/mol. The molecule has 2 unspecified atom stereocenters. The molecule has 2 N–H and O–H groups in total. The van der Waals surface area contributed by atoms with Gasteiger partial charge in [-0.1, -0.05) is 124 Å². The lowest BCUT2D eigenvalue weighted by atomic mass is 9.62. The minimum Gasteiger partial charge on any atom is -0.432 e. The molecule has 0 aromatic heterocycles. The smallest absolute Gasteiger partial charge is 0.262 e. The maximum atomic E-state index is 6.48. The van der Waals surface area contributed by atoms with Gasteiger partial charge in [0, 0.05) is 12.6 Å². The first-order chi connectivity index (χ1) is 24.0. The molecule has 1 fully saturated rings. The van der Waals surface area contributed by atoms with Crippen LogP contribution in [0.5, 0.6) is 11.5 Å². The zero-order valence-corrected chi connectivity index (χ0v) is 34.4. The van der Waals surface area contributed by atoms with Crippen molar-refractivity contribution in [3.05, 3.63) is 58.7 Å². The average molecular weight is 723 g/mol. The van der Waals surface area contributed by atoms with Crippen LogP contribution in [-0.2, 0) is 25.7 Å². The third kappa shape index (κ3) is 14.4. The molecule has 3 rings (SSSR count). The molecule has 0 bridgehead atoms. The second kappa shape index (κ2) is 22.0. The van der Waals surface area contributed by atoms with Crippen LogP contribution in [0.2, 0.25) is 0 Å². The molecule has 1 saturated carbocycles. The third-order valence-corrected chi connectivity index (χ3v) is 10.9. The number of hydrogen-bond donors (Lipinski definition) is 2. The molecule has 1 aliphatic rings. The van der Waals surface area contributed by atoms with Gasteiger partial charge in [-0.25, -0.2) is 0 Å². The van der Waals surface area contributed by atoms with E-state index in [2.05, 4.69) is 95.5 Å². The quantitative estimate of drug-likeness (QED) is 0.0988. The van der Waals surface area contributed by atoms with Crippen LogP contribution in [0.1, 0.15) is 167 Å². The Morgan fingerprint density at radius 2 is 1.10 bits per heavy atom. The summed E-state index contributed by atoms with van der Waals surface area (Å²) in [5.74, 6) is 1.85. The Bertz CT molecular complexity index is 1330. The third-order valence-electron chi connectivity index (χ3n) is 10.5. The van der Waals surface area contributed by atoms with E-state index in [0.29, 0.717) is 10.3 Å². The number of nitrogens with one attached hydrogen (secondary N) is 2. The number of ether oxygens (including phenoxy) is 2. The van der Waals surface area contributed by atoms with Gasteiger partial charge in [-0.15, -0.1) is 0 Å². The Morgan fingerprint density at radius 1 is 0.640 bits per heavy atom. The number of hydrogen-bond acceptors (Lipinski definition) is 4. The van der Waals surface area contributed by atoms with E-state index >= 15 is 0 Å². The fraction of sp³-hybridized carbons (Fsp3) is 0.682. The van der Waals surface area contributed by atoms with E-state index in [1.807, 2.05) is 0 Å². The molecule has 6 heteroatoms. The highest BCUT2D eigenvalue weighted by Gasteiger charge is 2.41. The standard InChI is InChI=1S/C44H70N2O2S2/c1-8-12-16-22-34-24-20-28-39(37(34)26-18-14-10-3)47-41(49)45-33-44(7)31-36(30-43(5,6)32-44)46-42(50)48-40-29-21-25-35(23-17-13-9-2)38(40)27-19-15-11-4/h20-21,24-25,28-29,36H,8-19,22-23,26-27,30-33H2,1-7H3,(H,45,49)(H,46,50). The van der Waals surface area contributed by atoms with E-state index in [-0.39, 0.29) is 16.9 Å². The first kappa shape index (κ1) is 42.2. The first-order valence-electron chi connectivity index (χ1n) is 20.2. The van der Waals surface area contributed by atoms with Gasteiger partial charge in [0.25, 0.3) is 10.3 Å². The van der Waals surface area contributed by atoms with Crippen molar-refractivity contribution in [1.29, 1.82) is 0 Å². The van der Waals surface area contributed by atoms with Crippen LogP contribution in [0.15, 0.2) is 36.4 Å².